The average Bonchev–Trinajstić information content (AvgIpc) is 2.65. The number of benzene rings is 2. The van der Waals surface area contributed by atoms with E-state index in [-0.39, 0.29) is 5.78 Å². The Bertz CT molecular complexity index is 879. The zero-order chi connectivity index (χ0) is 20.7. The lowest BCUT2D eigenvalue weighted by Gasteiger charge is -2.19. The van der Waals surface area contributed by atoms with Crippen LogP contribution in [0.25, 0.3) is 6.08 Å². The van der Waals surface area contributed by atoms with Crippen molar-refractivity contribution in [1.82, 2.24) is 5.48 Å². The van der Waals surface area contributed by atoms with E-state index in [1.807, 2.05) is 0 Å². The molecule has 0 radical (unpaired) electrons. The fraction of sp³-hybridized carbons (Fsp3) is 0.190. The molecule has 2 aromatic rings. The normalized spacial score (nSPS) is 11.1. The molecule has 0 aromatic heterocycles. The Balaban J connectivity index is 1.98. The molecule has 2 amide bonds. The quantitative estimate of drug-likeness (QED) is 0.313. The Kier molecular flexibility index (Phi) is 6.68. The minimum atomic E-state index is -0.605. The predicted octanol–water partition coefficient (Wildman–Crippen LogP) is 4.05. The van der Waals surface area contributed by atoms with E-state index in [4.69, 9.17) is 9.94 Å². The van der Waals surface area contributed by atoms with E-state index in [9.17, 15) is 14.4 Å². The maximum absolute atomic E-state index is 12.3. The van der Waals surface area contributed by atoms with Crippen LogP contribution in [-0.4, -0.2) is 28.6 Å². The summed E-state index contributed by atoms with van der Waals surface area (Å²) in [7, 11) is 0. The van der Waals surface area contributed by atoms with Crippen molar-refractivity contribution in [3.8, 4) is 0 Å². The molecule has 2 aromatic carbocycles. The highest BCUT2D eigenvalue weighted by molar-refractivity contribution is 6.07. The molecule has 146 valence electrons. The van der Waals surface area contributed by atoms with Crippen LogP contribution < -0.4 is 10.8 Å². The van der Waals surface area contributed by atoms with Crippen LogP contribution in [0.15, 0.2) is 54.6 Å². The van der Waals surface area contributed by atoms with E-state index in [0.717, 1.165) is 5.56 Å². The maximum Gasteiger partial charge on any atom is 0.412 e. The third-order valence-corrected chi connectivity index (χ3v) is 3.52. The first-order valence-electron chi connectivity index (χ1n) is 8.55. The molecule has 0 saturated heterocycles. The van der Waals surface area contributed by atoms with Crippen molar-refractivity contribution in [2.75, 3.05) is 5.32 Å². The van der Waals surface area contributed by atoms with Crippen molar-refractivity contribution < 1.29 is 24.3 Å². The van der Waals surface area contributed by atoms with Crippen LogP contribution in [0.4, 0.5) is 10.5 Å². The second-order valence-electron chi connectivity index (χ2n) is 6.96. The Morgan fingerprint density at radius 3 is 2.04 bits per heavy atom. The van der Waals surface area contributed by atoms with E-state index in [2.05, 4.69) is 5.32 Å². The summed E-state index contributed by atoms with van der Waals surface area (Å²) in [5, 5.41) is 11.2. The number of hydrogen-bond acceptors (Lipinski definition) is 5. The Morgan fingerprint density at radius 1 is 0.929 bits per heavy atom. The van der Waals surface area contributed by atoms with Gasteiger partial charge in [0.1, 0.15) is 5.60 Å². The summed E-state index contributed by atoms with van der Waals surface area (Å²) in [5.41, 5.74) is 2.98. The van der Waals surface area contributed by atoms with E-state index in [1.165, 1.54) is 18.2 Å². The minimum absolute atomic E-state index is 0.207. The standard InChI is InChI=1S/C21H22N2O5/c1-21(2,3)28-20(26)22-17-11-9-15(10-12-17)18(24)13-6-14-4-7-16(8-5-14)19(25)23-27/h4-13,27H,1-3H3,(H,22,26)(H,23,25)/b13-6+. The van der Waals surface area contributed by atoms with Gasteiger partial charge in [-0.15, -0.1) is 0 Å². The highest BCUT2D eigenvalue weighted by atomic mass is 16.6. The third kappa shape index (κ3) is 6.37. The summed E-state index contributed by atoms with van der Waals surface area (Å²) in [6, 6.07) is 12.8. The van der Waals surface area contributed by atoms with Crippen LogP contribution in [-0.2, 0) is 4.74 Å². The SMILES string of the molecule is CC(C)(C)OC(=O)Nc1ccc(C(=O)/C=C/c2ccc(C(=O)NO)cc2)cc1. The summed E-state index contributed by atoms with van der Waals surface area (Å²) < 4.78 is 5.17. The zero-order valence-corrected chi connectivity index (χ0v) is 15.9. The van der Waals surface area contributed by atoms with Crippen molar-refractivity contribution in [1.29, 1.82) is 0 Å². The molecule has 0 aliphatic heterocycles. The van der Waals surface area contributed by atoms with Crippen LogP contribution in [0.3, 0.4) is 0 Å². The van der Waals surface area contributed by atoms with Crippen molar-refractivity contribution in [2.24, 2.45) is 0 Å². The first-order valence-corrected chi connectivity index (χ1v) is 8.55. The Morgan fingerprint density at radius 2 is 1.50 bits per heavy atom. The van der Waals surface area contributed by atoms with Gasteiger partial charge < -0.3 is 4.74 Å². The molecule has 0 atom stereocenters. The summed E-state index contributed by atoms with van der Waals surface area (Å²) in [5.74, 6) is -0.812. The summed E-state index contributed by atoms with van der Waals surface area (Å²) >= 11 is 0. The molecular weight excluding hydrogens is 360 g/mol. The topological polar surface area (TPSA) is 105 Å². The lowest BCUT2D eigenvalue weighted by Crippen LogP contribution is -2.27. The molecule has 0 saturated carbocycles. The molecule has 0 spiro atoms. The molecule has 0 bridgehead atoms. The molecule has 0 heterocycles. The van der Waals surface area contributed by atoms with Gasteiger partial charge in [0, 0.05) is 16.8 Å². The number of nitrogens with one attached hydrogen (secondary N) is 2. The highest BCUT2D eigenvalue weighted by Gasteiger charge is 2.16. The largest absolute Gasteiger partial charge is 0.444 e. The number of carbonyl (C=O) groups is 3. The molecular formula is C21H22N2O5. The molecule has 0 aliphatic rings. The van der Waals surface area contributed by atoms with Gasteiger partial charge >= 0.3 is 6.09 Å². The number of carbonyl (C=O) groups excluding carboxylic acids is 3. The molecule has 28 heavy (non-hydrogen) atoms. The van der Waals surface area contributed by atoms with Gasteiger partial charge in [-0.05, 0) is 68.8 Å². The lowest BCUT2D eigenvalue weighted by molar-refractivity contribution is 0.0635. The first-order chi connectivity index (χ1) is 13.2. The number of hydroxylamine groups is 1. The summed E-state index contributed by atoms with van der Waals surface area (Å²) in [4.78, 5) is 35.3. The van der Waals surface area contributed by atoms with Gasteiger partial charge in [-0.25, -0.2) is 10.3 Å². The number of hydrogen-bond donors (Lipinski definition) is 3. The number of allylic oxidation sites excluding steroid dienone is 1. The number of amides is 2. The molecule has 7 nitrogen and oxygen atoms in total. The smallest absolute Gasteiger partial charge is 0.412 e. The van der Waals surface area contributed by atoms with Gasteiger partial charge in [0.15, 0.2) is 5.78 Å². The molecule has 0 unspecified atom stereocenters. The zero-order valence-electron chi connectivity index (χ0n) is 15.9. The lowest BCUT2D eigenvalue weighted by atomic mass is 10.1. The number of ketones is 1. The van der Waals surface area contributed by atoms with Gasteiger partial charge in [-0.2, -0.15) is 0 Å². The summed E-state index contributed by atoms with van der Waals surface area (Å²) in [6.07, 6.45) is 2.47. The van der Waals surface area contributed by atoms with Crippen molar-refractivity contribution in [2.45, 2.75) is 26.4 Å². The summed E-state index contributed by atoms with van der Waals surface area (Å²) in [6.45, 7) is 5.32. The van der Waals surface area contributed by atoms with Crippen LogP contribution in [0.2, 0.25) is 0 Å². The highest BCUT2D eigenvalue weighted by Crippen LogP contribution is 2.14. The first kappa shape index (κ1) is 20.9. The van der Waals surface area contributed by atoms with Crippen LogP contribution in [0.5, 0.6) is 0 Å². The van der Waals surface area contributed by atoms with Gasteiger partial charge in [-0.3, -0.25) is 20.1 Å². The molecule has 2 rings (SSSR count). The van der Waals surface area contributed by atoms with E-state index in [0.29, 0.717) is 16.8 Å². The van der Waals surface area contributed by atoms with Gasteiger partial charge in [0.05, 0.1) is 0 Å². The molecule has 7 heteroatoms. The monoisotopic (exact) mass is 382 g/mol. The van der Waals surface area contributed by atoms with Gasteiger partial charge in [0.2, 0.25) is 0 Å². The van der Waals surface area contributed by atoms with Gasteiger partial charge in [0.25, 0.3) is 5.91 Å². The molecule has 0 aliphatic carbocycles. The van der Waals surface area contributed by atoms with Crippen LogP contribution in [0, 0.1) is 0 Å². The second-order valence-corrected chi connectivity index (χ2v) is 6.96. The molecule has 3 N–H and O–H groups in total. The predicted molar refractivity (Wildman–Crippen MR) is 105 cm³/mol. The van der Waals surface area contributed by atoms with Gasteiger partial charge in [-0.1, -0.05) is 18.2 Å². The van der Waals surface area contributed by atoms with Crippen LogP contribution >= 0.6 is 0 Å². The Labute approximate surface area is 163 Å². The minimum Gasteiger partial charge on any atom is -0.444 e. The number of anilines is 1. The van der Waals surface area contributed by atoms with Crippen molar-refractivity contribution >= 4 is 29.5 Å². The number of rotatable bonds is 5. The van der Waals surface area contributed by atoms with Crippen molar-refractivity contribution in [3.63, 3.8) is 0 Å². The third-order valence-electron chi connectivity index (χ3n) is 3.52. The fourth-order valence-corrected chi connectivity index (χ4v) is 2.22. The number of ether oxygens (including phenoxy) is 1. The maximum atomic E-state index is 12.3. The van der Waals surface area contributed by atoms with Crippen LogP contribution in [0.1, 0.15) is 47.1 Å². The van der Waals surface area contributed by atoms with E-state index < -0.39 is 17.6 Å². The van der Waals surface area contributed by atoms with E-state index in [1.54, 1.807) is 68.7 Å². The molecule has 0 fully saturated rings. The fourth-order valence-electron chi connectivity index (χ4n) is 2.22. The average molecular weight is 382 g/mol. The Hall–Kier alpha value is -3.45. The second kappa shape index (κ2) is 8.96. The van der Waals surface area contributed by atoms with E-state index >= 15 is 0 Å². The van der Waals surface area contributed by atoms with Crippen molar-refractivity contribution in [3.05, 3.63) is 71.3 Å².